The monoisotopic (exact) mass is 274 g/mol. The van der Waals surface area contributed by atoms with E-state index >= 15 is 0 Å². The number of aryl methyl sites for hydroxylation is 3. The molecule has 0 saturated carbocycles. The van der Waals surface area contributed by atoms with Crippen molar-refractivity contribution in [1.29, 1.82) is 0 Å². The van der Waals surface area contributed by atoms with Gasteiger partial charge in [0.25, 0.3) is 0 Å². The number of ether oxygens (including phenoxy) is 1. The molecule has 1 aromatic heterocycles. The van der Waals surface area contributed by atoms with E-state index in [9.17, 15) is 5.11 Å². The average Bonchev–Trinajstić information content (AvgIpc) is 2.89. The van der Waals surface area contributed by atoms with Crippen LogP contribution in [0.1, 0.15) is 36.3 Å². The van der Waals surface area contributed by atoms with Crippen LogP contribution in [-0.2, 0) is 13.0 Å². The number of nitrogens with zero attached hydrogens (tertiary/aromatic N) is 2. The zero-order valence-electron chi connectivity index (χ0n) is 12.3. The molecule has 2 rings (SSSR count). The minimum Gasteiger partial charge on any atom is -0.493 e. The van der Waals surface area contributed by atoms with E-state index in [2.05, 4.69) is 36.3 Å². The van der Waals surface area contributed by atoms with Crippen LogP contribution in [0.3, 0.4) is 0 Å². The maximum absolute atomic E-state index is 10.4. The van der Waals surface area contributed by atoms with Gasteiger partial charge in [0.1, 0.15) is 5.69 Å². The van der Waals surface area contributed by atoms with Crippen molar-refractivity contribution < 1.29 is 9.84 Å². The molecule has 0 aliphatic heterocycles. The van der Waals surface area contributed by atoms with Gasteiger partial charge in [0.15, 0.2) is 5.75 Å². The number of aliphatic hydroxyl groups excluding tert-OH is 1. The summed E-state index contributed by atoms with van der Waals surface area (Å²) in [4.78, 5) is 0. The molecule has 1 atom stereocenters. The second-order valence-electron chi connectivity index (χ2n) is 4.95. The molecule has 20 heavy (non-hydrogen) atoms. The SMILES string of the molecule is CCn1ncc(OC)c1C(O)CCc1ccc(C)cc1. The molecule has 1 N–H and O–H groups in total. The fourth-order valence-corrected chi connectivity index (χ4v) is 2.32. The molecule has 4 heteroatoms. The van der Waals surface area contributed by atoms with Crippen LogP contribution in [0, 0.1) is 6.92 Å². The predicted octanol–water partition coefficient (Wildman–Crippen LogP) is 2.89. The Morgan fingerprint density at radius 1 is 1.30 bits per heavy atom. The Labute approximate surface area is 120 Å². The molecule has 1 heterocycles. The van der Waals surface area contributed by atoms with Crippen LogP contribution in [0.2, 0.25) is 0 Å². The molecule has 108 valence electrons. The molecule has 0 radical (unpaired) electrons. The van der Waals surface area contributed by atoms with Crippen molar-refractivity contribution in [3.05, 3.63) is 47.3 Å². The van der Waals surface area contributed by atoms with Crippen LogP contribution in [-0.4, -0.2) is 22.0 Å². The highest BCUT2D eigenvalue weighted by atomic mass is 16.5. The summed E-state index contributed by atoms with van der Waals surface area (Å²) >= 11 is 0. The fraction of sp³-hybridized carbons (Fsp3) is 0.438. The first kappa shape index (κ1) is 14.6. The lowest BCUT2D eigenvalue weighted by Gasteiger charge is -2.14. The van der Waals surface area contributed by atoms with Crippen LogP contribution >= 0.6 is 0 Å². The number of aliphatic hydroxyl groups is 1. The standard InChI is InChI=1S/C16H22N2O2/c1-4-18-16(15(20-3)11-17-18)14(19)10-9-13-7-5-12(2)6-8-13/h5-8,11,14,19H,4,9-10H2,1-3H3. The van der Waals surface area contributed by atoms with Crippen molar-refractivity contribution in [2.45, 2.75) is 39.3 Å². The van der Waals surface area contributed by atoms with Gasteiger partial charge in [0.2, 0.25) is 0 Å². The largest absolute Gasteiger partial charge is 0.493 e. The Morgan fingerprint density at radius 2 is 2.00 bits per heavy atom. The second kappa shape index (κ2) is 6.57. The fourth-order valence-electron chi connectivity index (χ4n) is 2.32. The molecule has 2 aromatic rings. The van der Waals surface area contributed by atoms with E-state index in [-0.39, 0.29) is 0 Å². The van der Waals surface area contributed by atoms with Crippen molar-refractivity contribution in [2.24, 2.45) is 0 Å². The van der Waals surface area contributed by atoms with Crippen molar-refractivity contribution in [1.82, 2.24) is 9.78 Å². The smallest absolute Gasteiger partial charge is 0.162 e. The van der Waals surface area contributed by atoms with Gasteiger partial charge >= 0.3 is 0 Å². The van der Waals surface area contributed by atoms with Crippen LogP contribution in [0.25, 0.3) is 0 Å². The van der Waals surface area contributed by atoms with E-state index in [0.29, 0.717) is 12.2 Å². The first-order valence-electron chi connectivity index (χ1n) is 6.99. The first-order valence-corrected chi connectivity index (χ1v) is 6.99. The molecule has 4 nitrogen and oxygen atoms in total. The quantitative estimate of drug-likeness (QED) is 0.881. The summed E-state index contributed by atoms with van der Waals surface area (Å²) in [6.07, 6.45) is 2.59. The molecule has 0 aliphatic rings. The highest BCUT2D eigenvalue weighted by molar-refractivity contribution is 5.28. The van der Waals surface area contributed by atoms with E-state index < -0.39 is 6.10 Å². The van der Waals surface area contributed by atoms with Crippen molar-refractivity contribution in [3.8, 4) is 5.75 Å². The normalized spacial score (nSPS) is 12.4. The lowest BCUT2D eigenvalue weighted by atomic mass is 10.0. The van der Waals surface area contributed by atoms with Crippen molar-refractivity contribution >= 4 is 0 Å². The van der Waals surface area contributed by atoms with Crippen molar-refractivity contribution in [2.75, 3.05) is 7.11 Å². The van der Waals surface area contributed by atoms with Gasteiger partial charge in [-0.2, -0.15) is 5.10 Å². The van der Waals surface area contributed by atoms with Crippen LogP contribution in [0.15, 0.2) is 30.5 Å². The van der Waals surface area contributed by atoms with E-state index in [4.69, 9.17) is 4.74 Å². The highest BCUT2D eigenvalue weighted by Gasteiger charge is 2.19. The molecule has 0 amide bonds. The van der Waals surface area contributed by atoms with Gasteiger partial charge in [-0.05, 0) is 32.3 Å². The molecular weight excluding hydrogens is 252 g/mol. The third kappa shape index (κ3) is 3.20. The van der Waals surface area contributed by atoms with E-state index in [1.54, 1.807) is 18.0 Å². The van der Waals surface area contributed by atoms with Gasteiger partial charge in [-0.25, -0.2) is 0 Å². The number of rotatable bonds is 6. The van der Waals surface area contributed by atoms with Crippen LogP contribution in [0.5, 0.6) is 5.75 Å². The number of methoxy groups -OCH3 is 1. The maximum Gasteiger partial charge on any atom is 0.162 e. The third-order valence-electron chi connectivity index (χ3n) is 3.51. The van der Waals surface area contributed by atoms with Gasteiger partial charge in [0.05, 0.1) is 19.4 Å². The Bertz CT molecular complexity index is 525. The van der Waals surface area contributed by atoms with E-state index in [1.807, 2.05) is 6.92 Å². The summed E-state index contributed by atoms with van der Waals surface area (Å²) < 4.78 is 7.06. The zero-order chi connectivity index (χ0) is 14.5. The lowest BCUT2D eigenvalue weighted by molar-refractivity contribution is 0.153. The first-order chi connectivity index (χ1) is 9.65. The number of hydrogen-bond donors (Lipinski definition) is 1. The third-order valence-corrected chi connectivity index (χ3v) is 3.51. The minimum atomic E-state index is -0.561. The number of benzene rings is 1. The predicted molar refractivity (Wildman–Crippen MR) is 78.9 cm³/mol. The zero-order valence-corrected chi connectivity index (χ0v) is 12.3. The summed E-state index contributed by atoms with van der Waals surface area (Å²) in [5, 5.41) is 14.6. The molecule has 0 bridgehead atoms. The molecule has 0 aliphatic carbocycles. The highest BCUT2D eigenvalue weighted by Crippen LogP contribution is 2.28. The molecule has 1 aromatic carbocycles. The number of aromatic nitrogens is 2. The van der Waals surface area contributed by atoms with Gasteiger partial charge in [0, 0.05) is 6.54 Å². The summed E-state index contributed by atoms with van der Waals surface area (Å²) in [7, 11) is 1.60. The van der Waals surface area contributed by atoms with Gasteiger partial charge in [-0.3, -0.25) is 4.68 Å². The Hall–Kier alpha value is -1.81. The molecule has 0 fully saturated rings. The molecular formula is C16H22N2O2. The molecule has 0 spiro atoms. The summed E-state index contributed by atoms with van der Waals surface area (Å²) in [6.45, 7) is 4.80. The topological polar surface area (TPSA) is 47.3 Å². The number of hydrogen-bond acceptors (Lipinski definition) is 3. The van der Waals surface area contributed by atoms with Crippen LogP contribution < -0.4 is 4.74 Å². The average molecular weight is 274 g/mol. The summed E-state index contributed by atoms with van der Waals surface area (Å²) in [5.74, 6) is 0.656. The van der Waals surface area contributed by atoms with E-state index in [0.717, 1.165) is 18.7 Å². The van der Waals surface area contributed by atoms with E-state index in [1.165, 1.54) is 11.1 Å². The Kier molecular flexibility index (Phi) is 4.79. The maximum atomic E-state index is 10.4. The second-order valence-corrected chi connectivity index (χ2v) is 4.95. The van der Waals surface area contributed by atoms with Crippen LogP contribution in [0.4, 0.5) is 0 Å². The Balaban J connectivity index is 2.06. The summed E-state index contributed by atoms with van der Waals surface area (Å²) in [6, 6.07) is 8.41. The molecule has 0 saturated heterocycles. The Morgan fingerprint density at radius 3 is 2.60 bits per heavy atom. The minimum absolute atomic E-state index is 0.561. The van der Waals surface area contributed by atoms with Gasteiger partial charge in [-0.15, -0.1) is 0 Å². The van der Waals surface area contributed by atoms with Gasteiger partial charge in [-0.1, -0.05) is 29.8 Å². The lowest BCUT2D eigenvalue weighted by Crippen LogP contribution is -2.10. The summed E-state index contributed by atoms with van der Waals surface area (Å²) in [5.41, 5.74) is 3.25. The van der Waals surface area contributed by atoms with Gasteiger partial charge < -0.3 is 9.84 Å². The molecule has 1 unspecified atom stereocenters. The van der Waals surface area contributed by atoms with Crippen molar-refractivity contribution in [3.63, 3.8) is 0 Å².